The zero-order valence-corrected chi connectivity index (χ0v) is 17.6. The van der Waals surface area contributed by atoms with Gasteiger partial charge in [0.2, 0.25) is 5.91 Å². The van der Waals surface area contributed by atoms with Crippen LogP contribution in [0.2, 0.25) is 5.02 Å². The van der Waals surface area contributed by atoms with E-state index < -0.39 is 21.8 Å². The third-order valence-electron chi connectivity index (χ3n) is 4.44. The number of nitrogens with one attached hydrogen (secondary N) is 2. The number of sulfone groups is 1. The van der Waals surface area contributed by atoms with Crippen molar-refractivity contribution in [3.63, 3.8) is 0 Å². The lowest BCUT2D eigenvalue weighted by molar-refractivity contribution is -0.121. The maximum absolute atomic E-state index is 12.8. The number of amides is 3. The van der Waals surface area contributed by atoms with Gasteiger partial charge in [0.15, 0.2) is 15.6 Å². The highest BCUT2D eigenvalue weighted by Gasteiger charge is 2.26. The highest BCUT2D eigenvalue weighted by molar-refractivity contribution is 7.91. The van der Waals surface area contributed by atoms with E-state index in [1.807, 2.05) is 0 Å². The fourth-order valence-corrected chi connectivity index (χ4v) is 3.73. The number of benzene rings is 2. The second-order valence-electron chi connectivity index (χ2n) is 6.56. The number of carbonyl (C=O) groups excluding carboxylic acids is 2. The van der Waals surface area contributed by atoms with Crippen LogP contribution in [0.4, 0.5) is 10.5 Å². The summed E-state index contributed by atoms with van der Waals surface area (Å²) in [6.45, 7) is 1.53. The molecule has 1 aliphatic heterocycles. The summed E-state index contributed by atoms with van der Waals surface area (Å²) in [4.78, 5) is 26.0. The number of hydrazine groups is 1. The summed E-state index contributed by atoms with van der Waals surface area (Å²) in [6.07, 6.45) is -0.279. The molecule has 0 bridgehead atoms. The van der Waals surface area contributed by atoms with Gasteiger partial charge in [-0.15, -0.1) is 0 Å². The number of aromatic hydroxyl groups is 1. The molecule has 11 heteroatoms. The monoisotopic (exact) mass is 453 g/mol. The lowest BCUT2D eigenvalue weighted by Gasteiger charge is -2.22. The van der Waals surface area contributed by atoms with Crippen LogP contribution in [0.3, 0.4) is 0 Å². The first kappa shape index (κ1) is 21.7. The smallest absolute Gasteiger partial charge is 0.341 e. The first-order valence-electron chi connectivity index (χ1n) is 9.04. The molecule has 3 amide bonds. The molecule has 0 fully saturated rings. The summed E-state index contributed by atoms with van der Waals surface area (Å²) < 4.78 is 28.9. The van der Waals surface area contributed by atoms with Gasteiger partial charge in [0, 0.05) is 22.8 Å². The Kier molecular flexibility index (Phi) is 6.37. The fraction of sp³-hybridized carbons (Fsp3) is 0.263. The predicted octanol–water partition coefficient (Wildman–Crippen LogP) is 2.72. The molecular weight excluding hydrogens is 434 g/mol. The van der Waals surface area contributed by atoms with E-state index in [9.17, 15) is 23.1 Å². The summed E-state index contributed by atoms with van der Waals surface area (Å²) >= 11 is 6.08. The topological polar surface area (TPSA) is 125 Å². The number of halogens is 1. The quantitative estimate of drug-likeness (QED) is 0.611. The van der Waals surface area contributed by atoms with Gasteiger partial charge < -0.3 is 9.84 Å². The average Bonchev–Trinajstić information content (AvgIpc) is 2.87. The Morgan fingerprint density at radius 2 is 1.90 bits per heavy atom. The number of phenolic OH excluding ortho intramolecular Hbond substituents is 1. The fourth-order valence-electron chi connectivity index (χ4n) is 2.78. The number of hydrogen-bond donors (Lipinski definition) is 3. The zero-order valence-electron chi connectivity index (χ0n) is 16.0. The molecule has 1 heterocycles. The molecule has 0 saturated heterocycles. The Bertz CT molecular complexity index is 1090. The molecule has 30 heavy (non-hydrogen) atoms. The maximum Gasteiger partial charge on any atom is 0.341 e. The molecular formula is C19H20ClN3O6S. The molecule has 0 aromatic heterocycles. The number of anilines is 1. The molecule has 1 aliphatic rings. The van der Waals surface area contributed by atoms with Gasteiger partial charge in [-0.05, 0) is 36.4 Å². The van der Waals surface area contributed by atoms with Crippen molar-refractivity contribution < 1.29 is 27.9 Å². The molecule has 2 aromatic rings. The van der Waals surface area contributed by atoms with Gasteiger partial charge in [-0.2, -0.15) is 0 Å². The third kappa shape index (κ3) is 5.14. The minimum atomic E-state index is -3.30. The van der Waals surface area contributed by atoms with E-state index in [1.54, 1.807) is 18.2 Å². The summed E-state index contributed by atoms with van der Waals surface area (Å²) in [7, 11) is -3.30. The van der Waals surface area contributed by atoms with Crippen LogP contribution in [-0.2, 0) is 21.2 Å². The number of fused-ring (bicyclic) bond motifs is 2. The van der Waals surface area contributed by atoms with Crippen LogP contribution in [0.5, 0.6) is 17.2 Å². The van der Waals surface area contributed by atoms with Crippen LogP contribution in [0, 0.1) is 0 Å². The van der Waals surface area contributed by atoms with E-state index in [4.69, 9.17) is 16.3 Å². The summed E-state index contributed by atoms with van der Waals surface area (Å²) in [6, 6.07) is 8.58. The van der Waals surface area contributed by atoms with Gasteiger partial charge in [-0.1, -0.05) is 18.5 Å². The van der Waals surface area contributed by atoms with Crippen LogP contribution >= 0.6 is 11.6 Å². The van der Waals surface area contributed by atoms with Gasteiger partial charge in [0.1, 0.15) is 11.5 Å². The number of carbonyl (C=O) groups is 2. The lowest BCUT2D eigenvalue weighted by atomic mass is 10.2. The molecule has 3 N–H and O–H groups in total. The Hall–Kier alpha value is -2.98. The van der Waals surface area contributed by atoms with Crippen molar-refractivity contribution >= 4 is 39.1 Å². The second kappa shape index (κ2) is 8.80. The highest BCUT2D eigenvalue weighted by atomic mass is 35.5. The number of urea groups is 1. The first-order valence-corrected chi connectivity index (χ1v) is 11.2. The van der Waals surface area contributed by atoms with E-state index in [-0.39, 0.29) is 30.2 Å². The summed E-state index contributed by atoms with van der Waals surface area (Å²) in [5.74, 6) is -0.194. The molecule has 3 rings (SSSR count). The van der Waals surface area contributed by atoms with Gasteiger partial charge in [0.05, 0.1) is 18.0 Å². The van der Waals surface area contributed by atoms with E-state index in [2.05, 4.69) is 10.9 Å². The third-order valence-corrected chi connectivity index (χ3v) is 6.38. The molecule has 0 unspecified atom stereocenters. The van der Waals surface area contributed by atoms with Crippen molar-refractivity contribution in [3.8, 4) is 17.2 Å². The Morgan fingerprint density at radius 3 is 2.63 bits per heavy atom. The largest absolute Gasteiger partial charge is 0.508 e. The molecule has 0 saturated carbocycles. The van der Waals surface area contributed by atoms with Crippen molar-refractivity contribution in [1.82, 2.24) is 10.9 Å². The normalized spacial score (nSPS) is 12.8. The Balaban J connectivity index is 1.78. The van der Waals surface area contributed by atoms with Crippen LogP contribution < -0.4 is 20.5 Å². The van der Waals surface area contributed by atoms with Crippen molar-refractivity contribution in [1.29, 1.82) is 0 Å². The van der Waals surface area contributed by atoms with E-state index in [1.165, 1.54) is 30.0 Å². The van der Waals surface area contributed by atoms with Gasteiger partial charge in [-0.25, -0.2) is 18.6 Å². The number of phenols is 1. The lowest BCUT2D eigenvalue weighted by Crippen LogP contribution is -2.49. The second-order valence-corrected chi connectivity index (χ2v) is 9.47. The number of ether oxygens (including phenoxy) is 1. The van der Waals surface area contributed by atoms with Gasteiger partial charge >= 0.3 is 6.03 Å². The van der Waals surface area contributed by atoms with Crippen LogP contribution in [0.25, 0.3) is 0 Å². The van der Waals surface area contributed by atoms with Crippen LogP contribution in [0.1, 0.15) is 18.9 Å². The van der Waals surface area contributed by atoms with Crippen LogP contribution in [-0.4, -0.2) is 37.0 Å². The van der Waals surface area contributed by atoms with Gasteiger partial charge in [-0.3, -0.25) is 15.1 Å². The standard InChI is InChI=1S/C19H20ClN3O6S/c1-2-30(27,28)8-7-18(25)21-22-19(26)23-11-12-9-14(24)4-6-16(12)29-17-5-3-13(20)10-15(17)23/h3-6,9-10,24H,2,7-8,11H2,1H3,(H,21,25)(H,22,26). The Labute approximate surface area is 178 Å². The molecule has 0 radical (unpaired) electrons. The number of nitrogens with zero attached hydrogens (tertiary/aromatic N) is 1. The number of rotatable bonds is 4. The molecule has 160 valence electrons. The molecule has 0 atom stereocenters. The SMILES string of the molecule is CCS(=O)(=O)CCC(=O)NNC(=O)N1Cc2cc(O)ccc2Oc2ccc(Cl)cc21. The van der Waals surface area contributed by atoms with Crippen molar-refractivity contribution in [2.24, 2.45) is 0 Å². The van der Waals surface area contributed by atoms with Crippen LogP contribution in [0.15, 0.2) is 36.4 Å². The maximum atomic E-state index is 12.8. The first-order chi connectivity index (χ1) is 14.2. The molecule has 2 aromatic carbocycles. The van der Waals surface area contributed by atoms with E-state index in [0.717, 1.165) is 0 Å². The molecule has 0 aliphatic carbocycles. The minimum Gasteiger partial charge on any atom is -0.508 e. The average molecular weight is 454 g/mol. The minimum absolute atomic E-state index is 0.00660. The van der Waals surface area contributed by atoms with Gasteiger partial charge in [0.25, 0.3) is 0 Å². The summed E-state index contributed by atoms with van der Waals surface area (Å²) in [5, 5.41) is 10.2. The van der Waals surface area contributed by atoms with Crippen molar-refractivity contribution in [3.05, 3.63) is 47.0 Å². The number of hydrogen-bond acceptors (Lipinski definition) is 6. The summed E-state index contributed by atoms with van der Waals surface area (Å²) in [5.41, 5.74) is 5.38. The van der Waals surface area contributed by atoms with Crippen molar-refractivity contribution in [2.45, 2.75) is 19.9 Å². The zero-order chi connectivity index (χ0) is 21.9. The molecule has 0 spiro atoms. The van der Waals surface area contributed by atoms with Crippen molar-refractivity contribution in [2.75, 3.05) is 16.4 Å². The predicted molar refractivity (Wildman–Crippen MR) is 111 cm³/mol. The highest BCUT2D eigenvalue weighted by Crippen LogP contribution is 2.41. The van der Waals surface area contributed by atoms with E-state index in [0.29, 0.717) is 27.8 Å². The Morgan fingerprint density at radius 1 is 1.17 bits per heavy atom. The molecule has 9 nitrogen and oxygen atoms in total. The van der Waals surface area contributed by atoms with E-state index >= 15 is 0 Å².